The highest BCUT2D eigenvalue weighted by Crippen LogP contribution is 2.22. The summed E-state index contributed by atoms with van der Waals surface area (Å²) in [5.41, 5.74) is 0.398. The van der Waals surface area contributed by atoms with Crippen LogP contribution in [0.1, 0.15) is 19.8 Å². The Labute approximate surface area is 110 Å². The normalized spacial score (nSPS) is 12.1. The van der Waals surface area contributed by atoms with Gasteiger partial charge in [0.15, 0.2) is 10.8 Å². The maximum absolute atomic E-state index is 12.1. The van der Waals surface area contributed by atoms with Crippen LogP contribution in [0.25, 0.3) is 11.0 Å². The summed E-state index contributed by atoms with van der Waals surface area (Å²) in [7, 11) is -3.54. The fourth-order valence-corrected chi connectivity index (χ4v) is 2.93. The molecule has 0 saturated carbocycles. The first kappa shape index (κ1) is 13.3. The van der Waals surface area contributed by atoms with Crippen LogP contribution in [0.3, 0.4) is 0 Å². The van der Waals surface area contributed by atoms with Crippen molar-refractivity contribution in [2.24, 2.45) is 0 Å². The number of unbranched alkanes of at least 4 members (excludes halogenated alkanes) is 1. The molecule has 0 atom stereocenters. The van der Waals surface area contributed by atoms with E-state index in [0.29, 0.717) is 17.6 Å². The molecule has 0 saturated heterocycles. The number of sulfonamides is 1. The van der Waals surface area contributed by atoms with Gasteiger partial charge in [0.05, 0.1) is 0 Å². The maximum atomic E-state index is 12.1. The van der Waals surface area contributed by atoms with Gasteiger partial charge in [-0.05, 0) is 12.5 Å². The summed E-state index contributed by atoms with van der Waals surface area (Å²) < 4.78 is 26.7. The molecule has 6 nitrogen and oxygen atoms in total. The van der Waals surface area contributed by atoms with Gasteiger partial charge in [0.1, 0.15) is 4.90 Å². The van der Waals surface area contributed by atoms with Crippen molar-refractivity contribution in [3.63, 3.8) is 0 Å². The molecule has 98 valence electrons. The smallest absolute Gasteiger partial charge is 0.242 e. The molecule has 0 bridgehead atoms. The number of fused-ring (bicyclic) bond motifs is 1. The minimum absolute atomic E-state index is 0.144. The number of nitrogens with zero attached hydrogens (tertiary/aromatic N) is 2. The molecule has 0 radical (unpaired) electrons. The first-order valence-electron chi connectivity index (χ1n) is 5.54. The summed E-state index contributed by atoms with van der Waals surface area (Å²) in [6, 6.07) is 1.48. The monoisotopic (exact) mass is 288 g/mol. The molecular formula is C10H13ClN4O2S. The number of nitrogens with one attached hydrogen (secondary N) is 2. The van der Waals surface area contributed by atoms with Crippen LogP contribution < -0.4 is 4.72 Å². The molecular weight excluding hydrogens is 276 g/mol. The highest BCUT2D eigenvalue weighted by atomic mass is 35.5. The van der Waals surface area contributed by atoms with Crippen LogP contribution in [-0.2, 0) is 10.0 Å². The van der Waals surface area contributed by atoms with E-state index < -0.39 is 10.0 Å². The van der Waals surface area contributed by atoms with Crippen LogP contribution in [0.4, 0.5) is 0 Å². The molecule has 8 heteroatoms. The summed E-state index contributed by atoms with van der Waals surface area (Å²) in [5, 5.41) is 8.03. The first-order valence-corrected chi connectivity index (χ1v) is 7.40. The molecule has 2 N–H and O–H groups in total. The third kappa shape index (κ3) is 2.63. The quantitative estimate of drug-likeness (QED) is 0.820. The lowest BCUT2D eigenvalue weighted by Gasteiger charge is -2.04. The summed E-state index contributed by atoms with van der Waals surface area (Å²) >= 11 is 5.72. The second-order valence-electron chi connectivity index (χ2n) is 3.83. The van der Waals surface area contributed by atoms with Gasteiger partial charge in [0.2, 0.25) is 10.0 Å². The molecule has 2 rings (SSSR count). The Kier molecular flexibility index (Phi) is 3.84. The highest BCUT2D eigenvalue weighted by Gasteiger charge is 2.19. The van der Waals surface area contributed by atoms with Gasteiger partial charge in [0.25, 0.3) is 0 Å². The fraction of sp³-hybridized carbons (Fsp3) is 0.400. The Morgan fingerprint density at radius 2 is 2.22 bits per heavy atom. The first-order chi connectivity index (χ1) is 8.54. The number of hydrogen-bond donors (Lipinski definition) is 2. The van der Waals surface area contributed by atoms with Crippen LogP contribution in [0.5, 0.6) is 0 Å². The van der Waals surface area contributed by atoms with Gasteiger partial charge in [-0.3, -0.25) is 0 Å². The Morgan fingerprint density at radius 3 is 2.94 bits per heavy atom. The number of rotatable bonds is 5. The zero-order chi connectivity index (χ0) is 13.2. The van der Waals surface area contributed by atoms with Crippen LogP contribution in [0, 0.1) is 0 Å². The number of halogens is 1. The molecule has 2 heterocycles. The topological polar surface area (TPSA) is 87.7 Å². The van der Waals surface area contributed by atoms with E-state index >= 15 is 0 Å². The number of H-pyrrole nitrogens is 1. The van der Waals surface area contributed by atoms with Gasteiger partial charge in [-0.15, -0.1) is 10.2 Å². The molecule has 2 aromatic rings. The average molecular weight is 289 g/mol. The largest absolute Gasteiger partial charge is 0.343 e. The predicted octanol–water partition coefficient (Wildman–Crippen LogP) is 1.69. The summed E-state index contributed by atoms with van der Waals surface area (Å²) in [4.78, 5) is 2.90. The predicted molar refractivity (Wildman–Crippen MR) is 69.0 cm³/mol. The Hall–Kier alpha value is -1.18. The zero-order valence-corrected chi connectivity index (χ0v) is 11.3. The third-order valence-electron chi connectivity index (χ3n) is 2.48. The summed E-state index contributed by atoms with van der Waals surface area (Å²) in [5.74, 6) is 0. The minimum Gasteiger partial charge on any atom is -0.343 e. The van der Waals surface area contributed by atoms with Gasteiger partial charge in [0, 0.05) is 18.1 Å². The molecule has 0 fully saturated rings. The summed E-state index contributed by atoms with van der Waals surface area (Å²) in [6.45, 7) is 2.41. The van der Waals surface area contributed by atoms with Crippen LogP contribution >= 0.6 is 11.6 Å². The van der Waals surface area contributed by atoms with Crippen molar-refractivity contribution < 1.29 is 8.42 Å². The van der Waals surface area contributed by atoms with Gasteiger partial charge in [-0.25, -0.2) is 13.1 Å². The van der Waals surface area contributed by atoms with Gasteiger partial charge < -0.3 is 4.98 Å². The van der Waals surface area contributed by atoms with Crippen molar-refractivity contribution in [1.82, 2.24) is 19.9 Å². The second-order valence-corrected chi connectivity index (χ2v) is 5.96. The average Bonchev–Trinajstić information content (AvgIpc) is 2.72. The Bertz CT molecular complexity index is 653. The van der Waals surface area contributed by atoms with Crippen molar-refractivity contribution in [3.8, 4) is 0 Å². The van der Waals surface area contributed by atoms with Gasteiger partial charge >= 0.3 is 0 Å². The lowest BCUT2D eigenvalue weighted by molar-refractivity contribution is 0.579. The van der Waals surface area contributed by atoms with Crippen molar-refractivity contribution >= 4 is 32.7 Å². The minimum atomic E-state index is -3.54. The van der Waals surface area contributed by atoms with Crippen LogP contribution in [0.2, 0.25) is 5.15 Å². The van der Waals surface area contributed by atoms with E-state index in [1.165, 1.54) is 12.3 Å². The molecule has 2 aromatic heterocycles. The van der Waals surface area contributed by atoms with E-state index in [2.05, 4.69) is 19.9 Å². The Balaban J connectivity index is 2.38. The standard InChI is InChI=1S/C10H13ClN4O2S/c1-2-3-4-13-18(16,17)8-6-12-10-7(8)5-9(11)14-15-10/h5-6,13H,2-4H2,1H3,(H,12,15). The molecule has 0 amide bonds. The van der Waals surface area contributed by atoms with Crippen molar-refractivity contribution in [1.29, 1.82) is 0 Å². The second kappa shape index (κ2) is 5.21. The van der Waals surface area contributed by atoms with Crippen LogP contribution in [0.15, 0.2) is 17.2 Å². The summed E-state index contributed by atoms with van der Waals surface area (Å²) in [6.07, 6.45) is 3.11. The lowest BCUT2D eigenvalue weighted by Crippen LogP contribution is -2.24. The molecule has 0 aliphatic heterocycles. The van der Waals surface area contributed by atoms with E-state index in [1.54, 1.807) is 0 Å². The van der Waals surface area contributed by atoms with Crippen molar-refractivity contribution in [2.45, 2.75) is 24.7 Å². The Morgan fingerprint density at radius 1 is 1.44 bits per heavy atom. The number of aromatic amines is 1. The molecule has 18 heavy (non-hydrogen) atoms. The number of hydrogen-bond acceptors (Lipinski definition) is 4. The van der Waals surface area contributed by atoms with Crippen molar-refractivity contribution in [2.75, 3.05) is 6.54 Å². The third-order valence-corrected chi connectivity index (χ3v) is 4.17. The van der Waals surface area contributed by atoms with Crippen molar-refractivity contribution in [3.05, 3.63) is 17.4 Å². The van der Waals surface area contributed by atoms with E-state index in [4.69, 9.17) is 11.6 Å². The van der Waals surface area contributed by atoms with E-state index in [1.807, 2.05) is 6.92 Å². The molecule has 0 aromatic carbocycles. The number of aromatic nitrogens is 3. The lowest BCUT2D eigenvalue weighted by atomic mass is 10.3. The van der Waals surface area contributed by atoms with E-state index in [9.17, 15) is 8.42 Å². The fourth-order valence-electron chi connectivity index (χ4n) is 1.56. The van der Waals surface area contributed by atoms with Gasteiger partial charge in [-0.1, -0.05) is 24.9 Å². The SMILES string of the molecule is CCCCNS(=O)(=O)c1c[nH]c2nnc(Cl)cc12. The highest BCUT2D eigenvalue weighted by molar-refractivity contribution is 7.89. The molecule has 0 spiro atoms. The van der Waals surface area contributed by atoms with Gasteiger partial charge in [-0.2, -0.15) is 0 Å². The molecule has 0 aliphatic carbocycles. The maximum Gasteiger partial charge on any atom is 0.242 e. The molecule has 0 aliphatic rings. The molecule has 0 unspecified atom stereocenters. The van der Waals surface area contributed by atoms with E-state index in [0.717, 1.165) is 12.8 Å². The van der Waals surface area contributed by atoms with E-state index in [-0.39, 0.29) is 10.0 Å². The van der Waals surface area contributed by atoms with Crippen LogP contribution in [-0.4, -0.2) is 30.1 Å². The zero-order valence-electron chi connectivity index (χ0n) is 9.77.